The van der Waals surface area contributed by atoms with Crippen LogP contribution in [0.25, 0.3) is 0 Å². The topological polar surface area (TPSA) is 49.3 Å². The highest BCUT2D eigenvalue weighted by Crippen LogP contribution is 2.27. The molecule has 1 unspecified atom stereocenters. The maximum Gasteiger partial charge on any atom is 0.337 e. The highest BCUT2D eigenvalue weighted by molar-refractivity contribution is 6.31. The first-order valence-electron chi connectivity index (χ1n) is 6.99. The third kappa shape index (κ3) is 3.03. The Morgan fingerprint density at radius 2 is 1.95 bits per heavy atom. The number of carboxylic acid groups (broad SMARTS) is 1. The molecular formula is C17H16ClNO2. The van der Waals surface area contributed by atoms with Gasteiger partial charge in [-0.25, -0.2) is 4.79 Å². The van der Waals surface area contributed by atoms with E-state index in [2.05, 4.69) is 23.5 Å². The van der Waals surface area contributed by atoms with Crippen molar-refractivity contribution in [3.63, 3.8) is 0 Å². The molecule has 4 heteroatoms. The van der Waals surface area contributed by atoms with Gasteiger partial charge in [0, 0.05) is 11.1 Å². The van der Waals surface area contributed by atoms with Gasteiger partial charge in [-0.3, -0.25) is 0 Å². The Morgan fingerprint density at radius 1 is 1.19 bits per heavy atom. The van der Waals surface area contributed by atoms with Crippen molar-refractivity contribution in [2.45, 2.75) is 25.3 Å². The summed E-state index contributed by atoms with van der Waals surface area (Å²) in [7, 11) is 0. The van der Waals surface area contributed by atoms with E-state index in [4.69, 9.17) is 11.6 Å². The minimum absolute atomic E-state index is 0.233. The van der Waals surface area contributed by atoms with E-state index in [0.717, 1.165) is 19.3 Å². The summed E-state index contributed by atoms with van der Waals surface area (Å²) in [6.45, 7) is 0. The van der Waals surface area contributed by atoms with Gasteiger partial charge < -0.3 is 10.4 Å². The van der Waals surface area contributed by atoms with E-state index in [1.54, 1.807) is 18.2 Å². The first-order valence-corrected chi connectivity index (χ1v) is 7.37. The quantitative estimate of drug-likeness (QED) is 0.900. The summed E-state index contributed by atoms with van der Waals surface area (Å²) in [5, 5.41) is 13.1. The fraction of sp³-hybridized carbons (Fsp3) is 0.235. The standard InChI is InChI=1S/C17H16ClNO2/c18-13-6-8-15(17(20)21)16(10-13)19-14-7-5-11-3-1-2-4-12(11)9-14/h1-4,6,8,10,14,19H,5,7,9H2,(H,20,21). The van der Waals surface area contributed by atoms with Gasteiger partial charge in [-0.1, -0.05) is 35.9 Å². The van der Waals surface area contributed by atoms with Crippen LogP contribution in [-0.2, 0) is 12.8 Å². The van der Waals surface area contributed by atoms with Crippen LogP contribution in [0, 0.1) is 0 Å². The van der Waals surface area contributed by atoms with Crippen LogP contribution in [0.3, 0.4) is 0 Å². The van der Waals surface area contributed by atoms with E-state index in [1.807, 2.05) is 6.07 Å². The first-order chi connectivity index (χ1) is 10.1. The molecule has 1 aliphatic carbocycles. The van der Waals surface area contributed by atoms with Crippen LogP contribution >= 0.6 is 11.6 Å². The highest BCUT2D eigenvalue weighted by atomic mass is 35.5. The number of carbonyl (C=O) groups is 1. The van der Waals surface area contributed by atoms with Gasteiger partial charge in [0.15, 0.2) is 0 Å². The number of fused-ring (bicyclic) bond motifs is 1. The summed E-state index contributed by atoms with van der Waals surface area (Å²) in [5.74, 6) is -0.939. The molecule has 2 N–H and O–H groups in total. The van der Waals surface area contributed by atoms with Gasteiger partial charge in [0.2, 0.25) is 0 Å². The lowest BCUT2D eigenvalue weighted by Crippen LogP contribution is -2.28. The molecular weight excluding hydrogens is 286 g/mol. The average Bonchev–Trinajstić information content (AvgIpc) is 2.47. The molecule has 0 aromatic heterocycles. The molecule has 0 saturated carbocycles. The molecule has 3 rings (SSSR count). The van der Waals surface area contributed by atoms with E-state index in [-0.39, 0.29) is 11.6 Å². The van der Waals surface area contributed by atoms with Crippen molar-refractivity contribution < 1.29 is 9.90 Å². The van der Waals surface area contributed by atoms with E-state index in [1.165, 1.54) is 11.1 Å². The number of hydrogen-bond acceptors (Lipinski definition) is 2. The molecule has 1 aliphatic rings. The van der Waals surface area contributed by atoms with Crippen molar-refractivity contribution in [3.05, 3.63) is 64.2 Å². The summed E-state index contributed by atoms with van der Waals surface area (Å²) in [6.07, 6.45) is 2.90. The molecule has 0 fully saturated rings. The zero-order chi connectivity index (χ0) is 14.8. The number of aryl methyl sites for hydroxylation is 1. The van der Waals surface area contributed by atoms with E-state index >= 15 is 0 Å². The number of halogens is 1. The van der Waals surface area contributed by atoms with Crippen LogP contribution in [0.4, 0.5) is 5.69 Å². The molecule has 0 bridgehead atoms. The summed E-state index contributed by atoms with van der Waals surface area (Å²) < 4.78 is 0. The van der Waals surface area contributed by atoms with Crippen LogP contribution in [-0.4, -0.2) is 17.1 Å². The second-order valence-corrected chi connectivity index (χ2v) is 5.78. The second-order valence-electron chi connectivity index (χ2n) is 5.35. The molecule has 2 aromatic carbocycles. The number of anilines is 1. The molecule has 0 aliphatic heterocycles. The normalized spacial score (nSPS) is 17.1. The monoisotopic (exact) mass is 301 g/mol. The number of rotatable bonds is 3. The molecule has 0 spiro atoms. The Hall–Kier alpha value is -2.00. The molecule has 0 radical (unpaired) electrons. The number of nitrogens with one attached hydrogen (secondary N) is 1. The fourth-order valence-corrected chi connectivity index (χ4v) is 3.04. The summed E-state index contributed by atoms with van der Waals surface area (Å²) in [4.78, 5) is 11.3. The molecule has 3 nitrogen and oxygen atoms in total. The molecule has 2 aromatic rings. The van der Waals surface area contributed by atoms with Gasteiger partial charge in [-0.2, -0.15) is 0 Å². The third-order valence-corrected chi connectivity index (χ3v) is 4.15. The minimum atomic E-state index is -0.939. The summed E-state index contributed by atoms with van der Waals surface area (Å²) in [5.41, 5.74) is 3.58. The second kappa shape index (κ2) is 5.78. The minimum Gasteiger partial charge on any atom is -0.478 e. The Balaban J connectivity index is 1.82. The number of hydrogen-bond donors (Lipinski definition) is 2. The first kappa shape index (κ1) is 14.0. The van der Waals surface area contributed by atoms with Gasteiger partial charge >= 0.3 is 5.97 Å². The molecule has 21 heavy (non-hydrogen) atoms. The van der Waals surface area contributed by atoms with Gasteiger partial charge in [-0.15, -0.1) is 0 Å². The summed E-state index contributed by atoms with van der Waals surface area (Å²) in [6, 6.07) is 13.5. The smallest absolute Gasteiger partial charge is 0.337 e. The fourth-order valence-electron chi connectivity index (χ4n) is 2.86. The van der Waals surface area contributed by atoms with Gasteiger partial charge in [0.1, 0.15) is 0 Å². The van der Waals surface area contributed by atoms with Gasteiger partial charge in [-0.05, 0) is 48.6 Å². The predicted octanol–water partition coefficient (Wildman–Crippen LogP) is 4.01. The highest BCUT2D eigenvalue weighted by Gasteiger charge is 2.20. The van der Waals surface area contributed by atoms with Gasteiger partial charge in [0.25, 0.3) is 0 Å². The Labute approximate surface area is 128 Å². The van der Waals surface area contributed by atoms with Crippen molar-refractivity contribution in [2.24, 2.45) is 0 Å². The average molecular weight is 302 g/mol. The third-order valence-electron chi connectivity index (χ3n) is 3.92. The molecule has 1 atom stereocenters. The Bertz CT molecular complexity index is 684. The van der Waals surface area contributed by atoms with Crippen molar-refractivity contribution in [3.8, 4) is 0 Å². The summed E-state index contributed by atoms with van der Waals surface area (Å²) >= 11 is 5.99. The largest absolute Gasteiger partial charge is 0.478 e. The van der Waals surface area contributed by atoms with Crippen LogP contribution < -0.4 is 5.32 Å². The number of aromatic carboxylic acids is 1. The maximum atomic E-state index is 11.3. The van der Waals surface area contributed by atoms with Crippen molar-refractivity contribution >= 4 is 23.3 Å². The lowest BCUT2D eigenvalue weighted by atomic mass is 9.88. The molecule has 0 heterocycles. The predicted molar refractivity (Wildman–Crippen MR) is 84.3 cm³/mol. The van der Waals surface area contributed by atoms with E-state index in [9.17, 15) is 9.90 Å². The van der Waals surface area contributed by atoms with E-state index < -0.39 is 5.97 Å². The van der Waals surface area contributed by atoms with Crippen molar-refractivity contribution in [1.82, 2.24) is 0 Å². The molecule has 108 valence electrons. The Kier molecular flexibility index (Phi) is 3.84. The zero-order valence-corrected chi connectivity index (χ0v) is 12.2. The Morgan fingerprint density at radius 3 is 2.71 bits per heavy atom. The zero-order valence-electron chi connectivity index (χ0n) is 11.5. The van der Waals surface area contributed by atoms with Crippen LogP contribution in [0.5, 0.6) is 0 Å². The molecule has 0 saturated heterocycles. The van der Waals surface area contributed by atoms with E-state index in [0.29, 0.717) is 10.7 Å². The van der Waals surface area contributed by atoms with Crippen LogP contribution in [0.1, 0.15) is 27.9 Å². The SMILES string of the molecule is O=C(O)c1ccc(Cl)cc1NC1CCc2ccccc2C1. The maximum absolute atomic E-state index is 11.3. The lowest BCUT2D eigenvalue weighted by Gasteiger charge is -2.27. The number of benzene rings is 2. The molecule has 0 amide bonds. The van der Waals surface area contributed by atoms with Crippen LogP contribution in [0.15, 0.2) is 42.5 Å². The number of carboxylic acids is 1. The van der Waals surface area contributed by atoms with Crippen LogP contribution in [0.2, 0.25) is 5.02 Å². The van der Waals surface area contributed by atoms with Crippen molar-refractivity contribution in [1.29, 1.82) is 0 Å². The lowest BCUT2D eigenvalue weighted by molar-refractivity contribution is 0.0698. The van der Waals surface area contributed by atoms with Gasteiger partial charge in [0.05, 0.1) is 11.3 Å². The van der Waals surface area contributed by atoms with Crippen molar-refractivity contribution in [2.75, 3.05) is 5.32 Å².